The molecule has 1 rings (SSSR count). The number of benzene rings is 1. The van der Waals surface area contributed by atoms with E-state index in [-0.39, 0.29) is 0 Å². The van der Waals surface area contributed by atoms with E-state index in [0.717, 1.165) is 0 Å². The second kappa shape index (κ2) is 9.89. The first-order chi connectivity index (χ1) is 9.26. The van der Waals surface area contributed by atoms with Crippen LogP contribution >= 0.6 is 0 Å². The molecule has 1 aromatic carbocycles. The normalized spacial score (nSPS) is 10.9. The molecule has 0 bridgehead atoms. The van der Waals surface area contributed by atoms with Crippen LogP contribution in [0.3, 0.4) is 0 Å². The van der Waals surface area contributed by atoms with Gasteiger partial charge >= 0.3 is 0 Å². The fourth-order valence-corrected chi connectivity index (χ4v) is 2.54. The molecule has 0 aliphatic carbocycles. The third kappa shape index (κ3) is 7.25. The number of aryl methyl sites for hydroxylation is 1. The van der Waals surface area contributed by atoms with Gasteiger partial charge in [0.25, 0.3) is 0 Å². The molecule has 0 fully saturated rings. The number of rotatable bonds is 10. The highest BCUT2D eigenvalue weighted by Crippen LogP contribution is 2.18. The third-order valence-electron chi connectivity index (χ3n) is 3.70. The molecule has 0 spiro atoms. The first kappa shape index (κ1) is 16.1. The molecule has 0 aliphatic rings. The minimum Gasteiger partial charge on any atom is -0.382 e. The Balaban J connectivity index is 2.46. The maximum atomic E-state index is 3.74. The fraction of sp³-hybridized carbons (Fsp3) is 0.667. The summed E-state index contributed by atoms with van der Waals surface area (Å²) in [6, 6.07) is 9.41. The van der Waals surface area contributed by atoms with Gasteiger partial charge in [0.15, 0.2) is 0 Å². The van der Waals surface area contributed by atoms with Gasteiger partial charge in [0, 0.05) is 11.7 Å². The van der Waals surface area contributed by atoms with Gasteiger partial charge in [0.05, 0.1) is 0 Å². The summed E-state index contributed by atoms with van der Waals surface area (Å²) in [7, 11) is 0. The van der Waals surface area contributed by atoms with E-state index < -0.39 is 0 Å². The summed E-state index contributed by atoms with van der Waals surface area (Å²) < 4.78 is 0. The molecule has 1 aromatic rings. The highest BCUT2D eigenvalue weighted by Gasteiger charge is 2.08. The lowest BCUT2D eigenvalue weighted by Crippen LogP contribution is -2.19. The van der Waals surface area contributed by atoms with Crippen molar-refractivity contribution >= 4 is 5.69 Å². The van der Waals surface area contributed by atoms with Crippen molar-refractivity contribution in [3.8, 4) is 0 Å². The predicted octanol–water partition coefficient (Wildman–Crippen LogP) is 5.94. The molecule has 19 heavy (non-hydrogen) atoms. The second-order valence-corrected chi connectivity index (χ2v) is 5.70. The van der Waals surface area contributed by atoms with Crippen molar-refractivity contribution in [3.05, 3.63) is 29.8 Å². The van der Waals surface area contributed by atoms with E-state index in [2.05, 4.69) is 50.4 Å². The van der Waals surface area contributed by atoms with Crippen molar-refractivity contribution in [2.24, 2.45) is 0 Å². The van der Waals surface area contributed by atoms with Gasteiger partial charge in [-0.2, -0.15) is 0 Å². The standard InChI is InChI=1S/C18H31N/c1-4-6-8-12-17(13-9-7-5-2)19-18-14-10-11-16(3)15-18/h10-11,14-15,17,19H,4-9,12-13H2,1-3H3. The molecule has 0 amide bonds. The monoisotopic (exact) mass is 261 g/mol. The van der Waals surface area contributed by atoms with Crippen LogP contribution in [-0.2, 0) is 0 Å². The summed E-state index contributed by atoms with van der Waals surface area (Å²) in [5.41, 5.74) is 2.63. The summed E-state index contributed by atoms with van der Waals surface area (Å²) >= 11 is 0. The molecule has 0 heterocycles. The van der Waals surface area contributed by atoms with Crippen molar-refractivity contribution in [2.45, 2.75) is 78.2 Å². The first-order valence-corrected chi connectivity index (χ1v) is 8.09. The average molecular weight is 261 g/mol. The Morgan fingerprint density at radius 2 is 1.58 bits per heavy atom. The molecular weight excluding hydrogens is 230 g/mol. The van der Waals surface area contributed by atoms with Crippen molar-refractivity contribution < 1.29 is 0 Å². The Kier molecular flexibility index (Phi) is 8.36. The zero-order chi connectivity index (χ0) is 13.9. The minimum atomic E-state index is 0.653. The molecule has 0 saturated carbocycles. The van der Waals surface area contributed by atoms with Crippen LogP contribution in [0.25, 0.3) is 0 Å². The Morgan fingerprint density at radius 3 is 2.11 bits per heavy atom. The largest absolute Gasteiger partial charge is 0.382 e. The maximum Gasteiger partial charge on any atom is 0.0344 e. The van der Waals surface area contributed by atoms with Crippen molar-refractivity contribution in [1.82, 2.24) is 0 Å². The molecule has 0 aliphatic heterocycles. The number of anilines is 1. The van der Waals surface area contributed by atoms with Gasteiger partial charge in [-0.3, -0.25) is 0 Å². The van der Waals surface area contributed by atoms with Gasteiger partial charge in [-0.05, 0) is 37.5 Å². The lowest BCUT2D eigenvalue weighted by atomic mass is 10.0. The van der Waals surface area contributed by atoms with Crippen molar-refractivity contribution in [1.29, 1.82) is 0 Å². The quantitative estimate of drug-likeness (QED) is 0.514. The summed E-state index contributed by atoms with van der Waals surface area (Å²) in [5.74, 6) is 0. The van der Waals surface area contributed by atoms with Gasteiger partial charge < -0.3 is 5.32 Å². The fourth-order valence-electron chi connectivity index (χ4n) is 2.54. The van der Waals surface area contributed by atoms with Gasteiger partial charge in [0.1, 0.15) is 0 Å². The zero-order valence-electron chi connectivity index (χ0n) is 13.0. The van der Waals surface area contributed by atoms with E-state index in [4.69, 9.17) is 0 Å². The van der Waals surface area contributed by atoms with Gasteiger partial charge in [0.2, 0.25) is 0 Å². The Morgan fingerprint density at radius 1 is 0.947 bits per heavy atom. The highest BCUT2D eigenvalue weighted by molar-refractivity contribution is 5.46. The Bertz CT molecular complexity index is 322. The summed E-state index contributed by atoms with van der Waals surface area (Å²) in [6.45, 7) is 6.72. The van der Waals surface area contributed by atoms with Crippen LogP contribution in [0.4, 0.5) is 5.69 Å². The van der Waals surface area contributed by atoms with E-state index in [1.165, 1.54) is 62.6 Å². The Hall–Kier alpha value is -0.980. The van der Waals surface area contributed by atoms with Gasteiger partial charge in [-0.25, -0.2) is 0 Å². The molecule has 0 saturated heterocycles. The molecular formula is C18H31N. The maximum absolute atomic E-state index is 3.74. The molecule has 1 heteroatoms. The summed E-state index contributed by atoms with van der Waals surface area (Å²) in [6.07, 6.45) is 10.7. The summed E-state index contributed by atoms with van der Waals surface area (Å²) in [4.78, 5) is 0. The number of unbranched alkanes of at least 4 members (excludes halogenated alkanes) is 4. The van der Waals surface area contributed by atoms with Crippen LogP contribution in [0.1, 0.15) is 70.8 Å². The lowest BCUT2D eigenvalue weighted by Gasteiger charge is -2.20. The smallest absolute Gasteiger partial charge is 0.0344 e. The SMILES string of the molecule is CCCCCC(CCCCC)Nc1cccc(C)c1. The number of hydrogen-bond donors (Lipinski definition) is 1. The molecule has 0 aromatic heterocycles. The molecule has 108 valence electrons. The second-order valence-electron chi connectivity index (χ2n) is 5.70. The summed E-state index contributed by atoms with van der Waals surface area (Å²) in [5, 5.41) is 3.74. The van der Waals surface area contributed by atoms with Gasteiger partial charge in [-0.1, -0.05) is 64.5 Å². The highest BCUT2D eigenvalue weighted by atomic mass is 14.9. The minimum absolute atomic E-state index is 0.653. The van der Waals surface area contributed by atoms with Crippen LogP contribution in [0.5, 0.6) is 0 Å². The van der Waals surface area contributed by atoms with E-state index in [9.17, 15) is 0 Å². The molecule has 0 atom stereocenters. The van der Waals surface area contributed by atoms with Crippen LogP contribution in [0.15, 0.2) is 24.3 Å². The number of hydrogen-bond acceptors (Lipinski definition) is 1. The van der Waals surface area contributed by atoms with E-state index in [1.807, 2.05) is 0 Å². The van der Waals surface area contributed by atoms with Gasteiger partial charge in [-0.15, -0.1) is 0 Å². The predicted molar refractivity (Wildman–Crippen MR) is 86.9 cm³/mol. The van der Waals surface area contributed by atoms with Crippen LogP contribution in [0, 0.1) is 6.92 Å². The van der Waals surface area contributed by atoms with Crippen LogP contribution < -0.4 is 5.32 Å². The van der Waals surface area contributed by atoms with E-state index >= 15 is 0 Å². The first-order valence-electron chi connectivity index (χ1n) is 8.09. The molecule has 1 nitrogen and oxygen atoms in total. The van der Waals surface area contributed by atoms with Crippen LogP contribution in [-0.4, -0.2) is 6.04 Å². The molecule has 1 N–H and O–H groups in total. The Labute approximate surface area is 119 Å². The zero-order valence-corrected chi connectivity index (χ0v) is 13.0. The topological polar surface area (TPSA) is 12.0 Å². The van der Waals surface area contributed by atoms with Crippen molar-refractivity contribution in [2.75, 3.05) is 5.32 Å². The molecule has 0 radical (unpaired) electrons. The van der Waals surface area contributed by atoms with E-state index in [0.29, 0.717) is 6.04 Å². The number of nitrogens with one attached hydrogen (secondary N) is 1. The lowest BCUT2D eigenvalue weighted by molar-refractivity contribution is 0.526. The van der Waals surface area contributed by atoms with Crippen LogP contribution in [0.2, 0.25) is 0 Å². The van der Waals surface area contributed by atoms with Crippen molar-refractivity contribution in [3.63, 3.8) is 0 Å². The average Bonchev–Trinajstić information content (AvgIpc) is 2.39. The third-order valence-corrected chi connectivity index (χ3v) is 3.70. The van der Waals surface area contributed by atoms with E-state index in [1.54, 1.807) is 0 Å². The molecule has 0 unspecified atom stereocenters.